The topological polar surface area (TPSA) is 35.6 Å². The number of rotatable bonds is 7. The van der Waals surface area contributed by atoms with E-state index in [2.05, 4.69) is 39.4 Å². The van der Waals surface area contributed by atoms with Crippen molar-refractivity contribution in [3.8, 4) is 0 Å². The molecule has 0 aromatic heterocycles. The number of likely N-dealkylation sites (tertiary alicyclic amines) is 2. The molecule has 2 aliphatic rings. The van der Waals surface area contributed by atoms with Crippen LogP contribution < -0.4 is 5.32 Å². The van der Waals surface area contributed by atoms with Gasteiger partial charge in [-0.05, 0) is 69.1 Å². The zero-order valence-electron chi connectivity index (χ0n) is 18.4. The first-order valence-corrected chi connectivity index (χ1v) is 11.7. The van der Waals surface area contributed by atoms with Gasteiger partial charge in [0.25, 0.3) is 0 Å². The Morgan fingerprint density at radius 3 is 2.35 bits per heavy atom. The Morgan fingerprint density at radius 2 is 1.58 bits per heavy atom. The van der Waals surface area contributed by atoms with Gasteiger partial charge in [-0.3, -0.25) is 14.6 Å². The van der Waals surface area contributed by atoms with Crippen molar-refractivity contribution in [3.05, 3.63) is 71.0 Å². The number of carbonyl (C=O) groups excluding carboxylic acids is 1. The lowest BCUT2D eigenvalue weighted by atomic mass is 9.95. The average Bonchev–Trinajstić information content (AvgIpc) is 2.80. The van der Waals surface area contributed by atoms with Crippen LogP contribution in [0.4, 0.5) is 4.39 Å². The fraction of sp³-hybridized carbons (Fsp3) is 0.500. The van der Waals surface area contributed by atoms with Crippen molar-refractivity contribution in [3.63, 3.8) is 0 Å². The molecule has 0 unspecified atom stereocenters. The summed E-state index contributed by atoms with van der Waals surface area (Å²) < 4.78 is 13.9. The quantitative estimate of drug-likeness (QED) is 0.720. The summed E-state index contributed by atoms with van der Waals surface area (Å²) in [7, 11) is 0. The highest BCUT2D eigenvalue weighted by Crippen LogP contribution is 2.20. The van der Waals surface area contributed by atoms with Crippen molar-refractivity contribution in [1.29, 1.82) is 0 Å². The van der Waals surface area contributed by atoms with E-state index in [9.17, 15) is 9.18 Å². The molecule has 0 spiro atoms. The molecule has 31 heavy (non-hydrogen) atoms. The summed E-state index contributed by atoms with van der Waals surface area (Å²) in [6.45, 7) is 6.25. The van der Waals surface area contributed by atoms with Gasteiger partial charge in [0.05, 0.1) is 0 Å². The summed E-state index contributed by atoms with van der Waals surface area (Å²) in [5, 5.41) is 3.14. The number of nitrogens with zero attached hydrogens (tertiary/aromatic N) is 2. The molecule has 1 amide bonds. The summed E-state index contributed by atoms with van der Waals surface area (Å²) >= 11 is 0. The van der Waals surface area contributed by atoms with Gasteiger partial charge in [-0.15, -0.1) is 0 Å². The van der Waals surface area contributed by atoms with Gasteiger partial charge in [0.1, 0.15) is 5.82 Å². The standard InChI is InChI=1S/C26H34FN3O/c27-25-10-3-2-9-24(25)20-30-15-11-23(12-16-30)26(31)28-18-21-7-6-8-22(17-21)19-29-13-4-1-5-14-29/h2-3,6-10,17,23H,1,4-5,11-16,18-20H2,(H,28,31). The van der Waals surface area contributed by atoms with Gasteiger partial charge in [-0.25, -0.2) is 4.39 Å². The van der Waals surface area contributed by atoms with E-state index in [1.54, 1.807) is 6.07 Å². The molecule has 0 radical (unpaired) electrons. The Hall–Kier alpha value is -2.24. The number of halogens is 1. The average molecular weight is 424 g/mol. The molecule has 0 atom stereocenters. The largest absolute Gasteiger partial charge is 0.352 e. The lowest BCUT2D eigenvalue weighted by Crippen LogP contribution is -2.40. The number of hydrogen-bond acceptors (Lipinski definition) is 3. The highest BCUT2D eigenvalue weighted by molar-refractivity contribution is 5.78. The third-order valence-corrected chi connectivity index (χ3v) is 6.62. The monoisotopic (exact) mass is 423 g/mol. The Bertz CT molecular complexity index is 857. The van der Waals surface area contributed by atoms with Gasteiger partial charge < -0.3 is 5.32 Å². The molecule has 166 valence electrons. The Balaban J connectivity index is 1.21. The summed E-state index contributed by atoms with van der Waals surface area (Å²) in [6, 6.07) is 15.6. The van der Waals surface area contributed by atoms with Crippen LogP contribution in [0, 0.1) is 11.7 Å². The van der Waals surface area contributed by atoms with Crippen LogP contribution in [0.1, 0.15) is 48.8 Å². The van der Waals surface area contributed by atoms with E-state index in [1.807, 2.05) is 12.1 Å². The fourth-order valence-corrected chi connectivity index (χ4v) is 4.77. The summed E-state index contributed by atoms with van der Waals surface area (Å²) in [5.41, 5.74) is 3.23. The molecular formula is C26H34FN3O. The smallest absolute Gasteiger partial charge is 0.223 e. The van der Waals surface area contributed by atoms with Gasteiger partial charge in [0.2, 0.25) is 5.91 Å². The fourth-order valence-electron chi connectivity index (χ4n) is 4.77. The molecule has 0 bridgehead atoms. The maximum absolute atomic E-state index is 13.9. The maximum Gasteiger partial charge on any atom is 0.223 e. The van der Waals surface area contributed by atoms with Gasteiger partial charge in [0, 0.05) is 31.1 Å². The molecule has 2 heterocycles. The first kappa shape index (κ1) is 22.0. The lowest BCUT2D eigenvalue weighted by Gasteiger charge is -2.31. The van der Waals surface area contributed by atoms with E-state index in [0.29, 0.717) is 13.1 Å². The molecule has 0 aliphatic carbocycles. The third-order valence-electron chi connectivity index (χ3n) is 6.62. The van der Waals surface area contributed by atoms with Crippen LogP contribution in [0.2, 0.25) is 0 Å². The van der Waals surface area contributed by atoms with Crippen LogP contribution in [0.5, 0.6) is 0 Å². The molecular weight excluding hydrogens is 389 g/mol. The van der Waals surface area contributed by atoms with Gasteiger partial charge >= 0.3 is 0 Å². The van der Waals surface area contributed by atoms with E-state index in [-0.39, 0.29) is 17.6 Å². The molecule has 1 N–H and O–H groups in total. The van der Waals surface area contributed by atoms with Crippen LogP contribution in [-0.4, -0.2) is 41.9 Å². The van der Waals surface area contributed by atoms with E-state index in [4.69, 9.17) is 0 Å². The summed E-state index contributed by atoms with van der Waals surface area (Å²) in [6.07, 6.45) is 5.61. The number of nitrogens with one attached hydrogen (secondary N) is 1. The van der Waals surface area contributed by atoms with Crippen molar-refractivity contribution in [2.75, 3.05) is 26.2 Å². The molecule has 2 aliphatic heterocycles. The van der Waals surface area contributed by atoms with Crippen molar-refractivity contribution in [2.24, 2.45) is 5.92 Å². The van der Waals surface area contributed by atoms with Crippen LogP contribution in [0.15, 0.2) is 48.5 Å². The SMILES string of the molecule is O=C(NCc1cccc(CN2CCCCC2)c1)C1CCN(Cc2ccccc2F)CC1. The Morgan fingerprint density at radius 1 is 0.871 bits per heavy atom. The first-order valence-electron chi connectivity index (χ1n) is 11.7. The summed E-state index contributed by atoms with van der Waals surface area (Å²) in [5.74, 6) is 0.0465. The predicted octanol–water partition coefficient (Wildman–Crippen LogP) is 4.34. The number of hydrogen-bond donors (Lipinski definition) is 1. The second-order valence-electron chi connectivity index (χ2n) is 9.02. The number of benzene rings is 2. The van der Waals surface area contributed by atoms with Crippen LogP contribution in [0.3, 0.4) is 0 Å². The zero-order valence-corrected chi connectivity index (χ0v) is 18.4. The van der Waals surface area contributed by atoms with E-state index >= 15 is 0 Å². The second-order valence-corrected chi connectivity index (χ2v) is 9.02. The molecule has 4 nitrogen and oxygen atoms in total. The van der Waals surface area contributed by atoms with Crippen molar-refractivity contribution in [2.45, 2.75) is 51.7 Å². The maximum atomic E-state index is 13.9. The molecule has 2 aromatic rings. The highest BCUT2D eigenvalue weighted by atomic mass is 19.1. The molecule has 5 heteroatoms. The molecule has 2 aromatic carbocycles. The lowest BCUT2D eigenvalue weighted by molar-refractivity contribution is -0.126. The van der Waals surface area contributed by atoms with Gasteiger partial charge in [-0.2, -0.15) is 0 Å². The first-order chi connectivity index (χ1) is 15.2. The predicted molar refractivity (Wildman–Crippen MR) is 122 cm³/mol. The minimum absolute atomic E-state index is 0.0494. The minimum Gasteiger partial charge on any atom is -0.352 e. The van der Waals surface area contributed by atoms with Crippen molar-refractivity contribution in [1.82, 2.24) is 15.1 Å². The molecule has 2 fully saturated rings. The van der Waals surface area contributed by atoms with Crippen LogP contribution >= 0.6 is 0 Å². The number of amides is 1. The number of carbonyl (C=O) groups is 1. The molecule has 0 saturated carbocycles. The van der Waals surface area contributed by atoms with Gasteiger partial charge in [-0.1, -0.05) is 48.9 Å². The van der Waals surface area contributed by atoms with E-state index in [0.717, 1.165) is 38.0 Å². The van der Waals surface area contributed by atoms with Gasteiger partial charge in [0.15, 0.2) is 0 Å². The minimum atomic E-state index is -0.148. The normalized spacial score (nSPS) is 18.7. The van der Waals surface area contributed by atoms with Crippen LogP contribution in [0.25, 0.3) is 0 Å². The van der Waals surface area contributed by atoms with Crippen LogP contribution in [-0.2, 0) is 24.4 Å². The molecule has 2 saturated heterocycles. The third kappa shape index (κ3) is 6.37. The molecule has 4 rings (SSSR count). The van der Waals surface area contributed by atoms with E-state index in [1.165, 1.54) is 49.5 Å². The Labute approximate surface area is 185 Å². The number of piperidine rings is 2. The van der Waals surface area contributed by atoms with Crippen molar-refractivity contribution < 1.29 is 9.18 Å². The van der Waals surface area contributed by atoms with E-state index < -0.39 is 0 Å². The Kier molecular flexibility index (Phi) is 7.71. The summed E-state index contributed by atoms with van der Waals surface area (Å²) in [4.78, 5) is 17.5. The second kappa shape index (κ2) is 10.9. The zero-order chi connectivity index (χ0) is 21.5. The van der Waals surface area contributed by atoms with Crippen molar-refractivity contribution >= 4 is 5.91 Å². The highest BCUT2D eigenvalue weighted by Gasteiger charge is 2.25.